The summed E-state index contributed by atoms with van der Waals surface area (Å²) in [4.78, 5) is 18.4. The van der Waals surface area contributed by atoms with Crippen LogP contribution in [0.2, 0.25) is 0 Å². The van der Waals surface area contributed by atoms with Crippen molar-refractivity contribution in [3.63, 3.8) is 0 Å². The molecule has 2 aliphatic carbocycles. The Morgan fingerprint density at radius 1 is 1.00 bits per heavy atom. The highest BCUT2D eigenvalue weighted by Crippen LogP contribution is 2.49. The zero-order chi connectivity index (χ0) is 23.8. The van der Waals surface area contributed by atoms with E-state index in [1.807, 2.05) is 42.5 Å². The zero-order valence-electron chi connectivity index (χ0n) is 20.3. The number of fused-ring (bicyclic) bond motifs is 3. The van der Waals surface area contributed by atoms with Gasteiger partial charge in [-0.2, -0.15) is 0 Å². The molecule has 6 nitrogen and oxygen atoms in total. The minimum Gasteiger partial charge on any atom is -0.493 e. The third-order valence-electron chi connectivity index (χ3n) is 7.72. The van der Waals surface area contributed by atoms with Crippen LogP contribution >= 0.6 is 0 Å². The first-order valence-electron chi connectivity index (χ1n) is 12.0. The Bertz CT molecular complexity index is 1200. The van der Waals surface area contributed by atoms with Gasteiger partial charge in [0.15, 0.2) is 11.5 Å². The van der Waals surface area contributed by atoms with Crippen molar-refractivity contribution in [2.24, 2.45) is 17.8 Å². The number of pyridine rings is 1. The first kappa shape index (κ1) is 22.5. The molecule has 2 bridgehead atoms. The molecule has 2 fully saturated rings. The summed E-state index contributed by atoms with van der Waals surface area (Å²) < 4.78 is 16.5. The van der Waals surface area contributed by atoms with Gasteiger partial charge in [0.25, 0.3) is 5.91 Å². The van der Waals surface area contributed by atoms with Crippen LogP contribution in [0, 0.1) is 17.8 Å². The van der Waals surface area contributed by atoms with Crippen LogP contribution in [0.25, 0.3) is 22.2 Å². The average molecular weight is 461 g/mol. The number of aromatic nitrogens is 1. The molecule has 4 atom stereocenters. The molecular weight excluding hydrogens is 428 g/mol. The van der Waals surface area contributed by atoms with Gasteiger partial charge in [-0.05, 0) is 68.2 Å². The van der Waals surface area contributed by atoms with Crippen molar-refractivity contribution >= 4 is 16.8 Å². The number of amides is 1. The number of ether oxygens (including phenoxy) is 3. The zero-order valence-corrected chi connectivity index (χ0v) is 20.3. The molecule has 0 saturated heterocycles. The van der Waals surface area contributed by atoms with Gasteiger partial charge in [-0.1, -0.05) is 24.6 Å². The summed E-state index contributed by atoms with van der Waals surface area (Å²) in [5.74, 6) is 3.73. The number of para-hydroxylation sites is 1. The van der Waals surface area contributed by atoms with Gasteiger partial charge in [-0.25, -0.2) is 4.98 Å². The van der Waals surface area contributed by atoms with E-state index in [9.17, 15) is 4.79 Å². The maximum absolute atomic E-state index is 13.6. The largest absolute Gasteiger partial charge is 0.493 e. The number of benzene rings is 2. The van der Waals surface area contributed by atoms with Crippen molar-refractivity contribution in [2.75, 3.05) is 21.3 Å². The number of methoxy groups -OCH3 is 3. The Hall–Kier alpha value is -3.28. The second kappa shape index (κ2) is 9.16. The quantitative estimate of drug-likeness (QED) is 0.505. The molecule has 1 N–H and O–H groups in total. The molecule has 2 aromatic carbocycles. The van der Waals surface area contributed by atoms with Crippen LogP contribution in [-0.4, -0.2) is 38.3 Å². The first-order chi connectivity index (χ1) is 16.5. The molecular formula is C28H32N2O4. The van der Waals surface area contributed by atoms with Crippen LogP contribution < -0.4 is 19.5 Å². The minimum atomic E-state index is -0.0532. The average Bonchev–Trinajstić information content (AvgIpc) is 3.51. The van der Waals surface area contributed by atoms with Crippen LogP contribution in [-0.2, 0) is 0 Å². The highest BCUT2D eigenvalue weighted by molar-refractivity contribution is 6.07. The van der Waals surface area contributed by atoms with Crippen molar-refractivity contribution in [2.45, 2.75) is 38.6 Å². The van der Waals surface area contributed by atoms with Crippen molar-refractivity contribution in [3.8, 4) is 28.5 Å². The molecule has 0 spiro atoms. The van der Waals surface area contributed by atoms with Crippen molar-refractivity contribution < 1.29 is 19.0 Å². The molecule has 6 heteroatoms. The molecule has 2 saturated carbocycles. The monoisotopic (exact) mass is 460 g/mol. The topological polar surface area (TPSA) is 69.7 Å². The summed E-state index contributed by atoms with van der Waals surface area (Å²) in [5.41, 5.74) is 2.86. The van der Waals surface area contributed by atoms with E-state index in [1.54, 1.807) is 21.3 Å². The molecule has 0 unspecified atom stereocenters. The van der Waals surface area contributed by atoms with E-state index in [2.05, 4.69) is 12.2 Å². The maximum Gasteiger partial charge on any atom is 0.252 e. The second-order valence-corrected chi connectivity index (χ2v) is 9.59. The smallest absolute Gasteiger partial charge is 0.252 e. The summed E-state index contributed by atoms with van der Waals surface area (Å²) in [5, 5.41) is 4.16. The minimum absolute atomic E-state index is 0.0532. The van der Waals surface area contributed by atoms with E-state index < -0.39 is 0 Å². The third kappa shape index (κ3) is 3.95. The number of hydrogen-bond acceptors (Lipinski definition) is 5. The number of carbonyl (C=O) groups excluding carboxylic acids is 1. The van der Waals surface area contributed by atoms with Gasteiger partial charge < -0.3 is 19.5 Å². The SMILES string of the molecule is COc1cc(-c2cc(C(=O)N[C@H](C)[C@@H]3C[C@H]4CC[C@H]3C4)c3ccccc3n2)cc(OC)c1OC. The van der Waals surface area contributed by atoms with E-state index in [0.717, 1.165) is 28.3 Å². The van der Waals surface area contributed by atoms with E-state index >= 15 is 0 Å². The van der Waals surface area contributed by atoms with Crippen LogP contribution in [0.5, 0.6) is 17.2 Å². The van der Waals surface area contributed by atoms with Gasteiger partial charge in [0.05, 0.1) is 38.1 Å². The fourth-order valence-electron chi connectivity index (χ4n) is 6.04. The summed E-state index contributed by atoms with van der Waals surface area (Å²) in [7, 11) is 4.75. The Labute approximate surface area is 200 Å². The van der Waals surface area contributed by atoms with Crippen LogP contribution in [0.4, 0.5) is 0 Å². The number of nitrogens with zero attached hydrogens (tertiary/aromatic N) is 1. The molecule has 5 rings (SSSR count). The third-order valence-corrected chi connectivity index (χ3v) is 7.72. The standard InChI is InChI=1S/C28H32N2O4/c1-16(21-12-17-9-10-18(21)11-17)29-28(31)22-15-24(30-23-8-6-5-7-20(22)23)19-13-25(32-2)27(34-4)26(14-19)33-3/h5-8,13-18,21H,9-12H2,1-4H3,(H,29,31)/t16-,17+,18+,21+/m1/s1. The van der Waals surface area contributed by atoms with Gasteiger partial charge in [0.2, 0.25) is 5.75 Å². The van der Waals surface area contributed by atoms with Crippen molar-refractivity contribution in [3.05, 3.63) is 48.0 Å². The Morgan fingerprint density at radius 3 is 2.35 bits per heavy atom. The summed E-state index contributed by atoms with van der Waals surface area (Å²) in [6, 6.07) is 13.5. The Kier molecular flexibility index (Phi) is 6.07. The number of rotatable bonds is 7. The normalized spacial score (nSPS) is 21.9. The van der Waals surface area contributed by atoms with Gasteiger partial charge in [0, 0.05) is 17.0 Å². The van der Waals surface area contributed by atoms with Crippen LogP contribution in [0.15, 0.2) is 42.5 Å². The molecule has 34 heavy (non-hydrogen) atoms. The summed E-state index contributed by atoms with van der Waals surface area (Å²) in [6.07, 6.45) is 5.22. The predicted octanol–water partition coefficient (Wildman–Crippen LogP) is 5.48. The molecule has 1 heterocycles. The summed E-state index contributed by atoms with van der Waals surface area (Å²) in [6.45, 7) is 2.16. The lowest BCUT2D eigenvalue weighted by atomic mass is 9.84. The molecule has 1 aromatic heterocycles. The Morgan fingerprint density at radius 2 is 1.74 bits per heavy atom. The molecule has 178 valence electrons. The van der Waals surface area contributed by atoms with Crippen LogP contribution in [0.3, 0.4) is 0 Å². The van der Waals surface area contributed by atoms with Gasteiger partial charge in [-0.15, -0.1) is 0 Å². The van der Waals surface area contributed by atoms with Crippen molar-refractivity contribution in [1.82, 2.24) is 10.3 Å². The lowest BCUT2D eigenvalue weighted by Gasteiger charge is -2.28. The van der Waals surface area contributed by atoms with Gasteiger partial charge >= 0.3 is 0 Å². The van der Waals surface area contributed by atoms with Crippen LogP contribution in [0.1, 0.15) is 43.0 Å². The van der Waals surface area contributed by atoms with E-state index in [0.29, 0.717) is 34.4 Å². The van der Waals surface area contributed by atoms with E-state index in [-0.39, 0.29) is 11.9 Å². The van der Waals surface area contributed by atoms with Gasteiger partial charge in [0.1, 0.15) is 0 Å². The highest BCUT2D eigenvalue weighted by Gasteiger charge is 2.42. The van der Waals surface area contributed by atoms with Crippen molar-refractivity contribution in [1.29, 1.82) is 0 Å². The van der Waals surface area contributed by atoms with E-state index in [1.165, 1.54) is 25.7 Å². The lowest BCUT2D eigenvalue weighted by molar-refractivity contribution is 0.0917. The van der Waals surface area contributed by atoms with E-state index in [4.69, 9.17) is 19.2 Å². The Balaban J connectivity index is 1.53. The summed E-state index contributed by atoms with van der Waals surface area (Å²) >= 11 is 0. The molecule has 3 aromatic rings. The van der Waals surface area contributed by atoms with Gasteiger partial charge in [-0.3, -0.25) is 4.79 Å². The predicted molar refractivity (Wildman–Crippen MR) is 133 cm³/mol. The fourth-order valence-corrected chi connectivity index (χ4v) is 6.04. The molecule has 1 amide bonds. The number of nitrogens with one attached hydrogen (secondary N) is 1. The maximum atomic E-state index is 13.6. The number of carbonyl (C=O) groups is 1. The fraction of sp³-hybridized carbons (Fsp3) is 0.429. The number of hydrogen-bond donors (Lipinski definition) is 1. The molecule has 0 aliphatic heterocycles. The lowest BCUT2D eigenvalue weighted by Crippen LogP contribution is -2.40. The molecule has 0 radical (unpaired) electrons. The second-order valence-electron chi connectivity index (χ2n) is 9.59. The first-order valence-corrected chi connectivity index (χ1v) is 12.0. The molecule has 2 aliphatic rings. The highest BCUT2D eigenvalue weighted by atomic mass is 16.5.